The van der Waals surface area contributed by atoms with Gasteiger partial charge in [0.05, 0.1) is 24.5 Å². The summed E-state index contributed by atoms with van der Waals surface area (Å²) in [6.07, 6.45) is 0.471. The molecule has 0 aromatic heterocycles. The summed E-state index contributed by atoms with van der Waals surface area (Å²) in [4.78, 5) is 0. The molecule has 0 heterocycles. The largest absolute Gasteiger partial charge is 0.396 e. The fraction of sp³-hybridized carbons (Fsp3) is 1.00. The molecule has 0 aliphatic rings. The van der Waals surface area contributed by atoms with Gasteiger partial charge in [0.1, 0.15) is 0 Å². The van der Waals surface area contributed by atoms with Crippen LogP contribution in [0, 0.1) is 5.92 Å². The minimum Gasteiger partial charge on any atom is -0.396 e. The van der Waals surface area contributed by atoms with Gasteiger partial charge in [0, 0.05) is 12.5 Å². The normalized spacial score (nSPS) is 13.8. The Morgan fingerprint density at radius 2 is 1.65 bits per heavy atom. The van der Waals surface area contributed by atoms with E-state index in [1.54, 1.807) is 13.8 Å². The van der Waals surface area contributed by atoms with E-state index in [4.69, 9.17) is 25.6 Å². The Morgan fingerprint density at radius 3 is 1.71 bits per heavy atom. The molecule has 0 bridgehead atoms. The van der Waals surface area contributed by atoms with Gasteiger partial charge in [0.25, 0.3) is 10.1 Å². The van der Waals surface area contributed by atoms with Crippen molar-refractivity contribution < 1.29 is 28.3 Å². The average molecular weight is 273 g/mol. The second kappa shape index (κ2) is 8.78. The van der Waals surface area contributed by atoms with Crippen LogP contribution >= 0.6 is 0 Å². The molecule has 8 heteroatoms. The highest BCUT2D eigenvalue weighted by molar-refractivity contribution is 7.85. The highest BCUT2D eigenvalue weighted by Gasteiger charge is 2.29. The lowest BCUT2D eigenvalue weighted by atomic mass is 9.88. The van der Waals surface area contributed by atoms with Crippen molar-refractivity contribution in [2.75, 3.05) is 25.6 Å². The molecule has 0 aromatic rings. The average Bonchev–Trinajstić information content (AvgIpc) is 2.26. The van der Waals surface area contributed by atoms with Crippen molar-refractivity contribution in [3.63, 3.8) is 0 Å². The van der Waals surface area contributed by atoms with Crippen LogP contribution in [0.1, 0.15) is 20.3 Å². The molecule has 0 saturated carbocycles. The Balaban J connectivity index is 0. The SMILES string of the molecule is CC(CO)C(N)(CO)CO.CCCS(=O)(=O)O. The molecular weight excluding hydrogens is 250 g/mol. The lowest BCUT2D eigenvalue weighted by molar-refractivity contribution is 0.0548. The lowest BCUT2D eigenvalue weighted by Crippen LogP contribution is -2.53. The second-order valence-electron chi connectivity index (χ2n) is 3.92. The first kappa shape index (κ1) is 19.1. The number of hydrogen-bond acceptors (Lipinski definition) is 6. The molecular formula is C9H23NO6S. The van der Waals surface area contributed by atoms with Gasteiger partial charge in [-0.25, -0.2) is 0 Å². The van der Waals surface area contributed by atoms with Crippen LogP contribution in [0.3, 0.4) is 0 Å². The van der Waals surface area contributed by atoms with Crippen LogP contribution in [0.4, 0.5) is 0 Å². The predicted octanol–water partition coefficient (Wildman–Crippen LogP) is -1.42. The van der Waals surface area contributed by atoms with Crippen molar-refractivity contribution in [2.24, 2.45) is 11.7 Å². The highest BCUT2D eigenvalue weighted by Crippen LogP contribution is 2.11. The highest BCUT2D eigenvalue weighted by atomic mass is 32.2. The maximum Gasteiger partial charge on any atom is 0.264 e. The van der Waals surface area contributed by atoms with Crippen LogP contribution < -0.4 is 5.73 Å². The fourth-order valence-electron chi connectivity index (χ4n) is 0.801. The zero-order chi connectivity index (χ0) is 14.1. The molecule has 0 fully saturated rings. The van der Waals surface area contributed by atoms with Gasteiger partial charge in [-0.05, 0) is 6.42 Å². The zero-order valence-electron chi connectivity index (χ0n) is 10.2. The van der Waals surface area contributed by atoms with Gasteiger partial charge in [-0.2, -0.15) is 8.42 Å². The maximum atomic E-state index is 9.79. The second-order valence-corrected chi connectivity index (χ2v) is 5.49. The van der Waals surface area contributed by atoms with Crippen LogP contribution in [0.5, 0.6) is 0 Å². The number of nitrogens with two attached hydrogens (primary N) is 1. The summed E-state index contributed by atoms with van der Waals surface area (Å²) in [5, 5.41) is 26.0. The van der Waals surface area contributed by atoms with Crippen LogP contribution in [-0.4, -0.2) is 59.4 Å². The molecule has 106 valence electrons. The Morgan fingerprint density at radius 1 is 1.24 bits per heavy atom. The van der Waals surface area contributed by atoms with Crippen LogP contribution in [0.15, 0.2) is 0 Å². The number of hydrogen-bond donors (Lipinski definition) is 5. The summed E-state index contributed by atoms with van der Waals surface area (Å²) < 4.78 is 27.6. The van der Waals surface area contributed by atoms with Gasteiger partial charge in [-0.1, -0.05) is 13.8 Å². The molecule has 0 saturated heterocycles. The molecule has 1 unspecified atom stereocenters. The van der Waals surface area contributed by atoms with Crippen molar-refractivity contribution in [3.05, 3.63) is 0 Å². The molecule has 1 atom stereocenters. The molecule has 7 nitrogen and oxygen atoms in total. The minimum atomic E-state index is -3.67. The Kier molecular flexibility index (Phi) is 9.87. The third-order valence-corrected chi connectivity index (χ3v) is 3.23. The zero-order valence-corrected chi connectivity index (χ0v) is 11.0. The predicted molar refractivity (Wildman–Crippen MR) is 64.0 cm³/mol. The van der Waals surface area contributed by atoms with Crippen molar-refractivity contribution in [2.45, 2.75) is 25.8 Å². The lowest BCUT2D eigenvalue weighted by Gasteiger charge is -2.30. The molecule has 0 aromatic carbocycles. The summed E-state index contributed by atoms with van der Waals surface area (Å²) in [5.41, 5.74) is 4.44. The van der Waals surface area contributed by atoms with E-state index in [9.17, 15) is 8.42 Å². The van der Waals surface area contributed by atoms with E-state index in [1.165, 1.54) is 0 Å². The first-order chi connectivity index (χ1) is 7.66. The quantitative estimate of drug-likeness (QED) is 0.374. The monoisotopic (exact) mass is 273 g/mol. The molecule has 0 spiro atoms. The van der Waals surface area contributed by atoms with E-state index in [0.29, 0.717) is 6.42 Å². The standard InChI is InChI=1S/C6H15NO3.C3H8O3S/c1-5(2-8)6(7,3-9)4-10;1-2-3-7(4,5)6/h5,8-10H,2-4,7H2,1H3;2-3H2,1H3,(H,4,5,6). The van der Waals surface area contributed by atoms with E-state index in [-0.39, 0.29) is 31.5 Å². The fourth-order valence-corrected chi connectivity index (χ4v) is 1.32. The van der Waals surface area contributed by atoms with Crippen molar-refractivity contribution in [3.8, 4) is 0 Å². The molecule has 0 aliphatic heterocycles. The Bertz CT molecular complexity index is 275. The van der Waals surface area contributed by atoms with Crippen LogP contribution in [-0.2, 0) is 10.1 Å². The molecule has 0 radical (unpaired) electrons. The topological polar surface area (TPSA) is 141 Å². The van der Waals surface area contributed by atoms with E-state index in [2.05, 4.69) is 0 Å². The van der Waals surface area contributed by atoms with Crippen molar-refractivity contribution >= 4 is 10.1 Å². The summed E-state index contributed by atoms with van der Waals surface area (Å²) in [6.45, 7) is 2.61. The number of aliphatic hydroxyl groups excluding tert-OH is 3. The maximum absolute atomic E-state index is 9.79. The smallest absolute Gasteiger partial charge is 0.264 e. The number of aliphatic hydroxyl groups is 3. The third kappa shape index (κ3) is 9.45. The van der Waals surface area contributed by atoms with Gasteiger partial charge in [-0.3, -0.25) is 4.55 Å². The Hall–Kier alpha value is -0.250. The first-order valence-electron chi connectivity index (χ1n) is 5.23. The van der Waals surface area contributed by atoms with Gasteiger partial charge in [-0.15, -0.1) is 0 Å². The molecule has 17 heavy (non-hydrogen) atoms. The first-order valence-corrected chi connectivity index (χ1v) is 6.84. The van der Waals surface area contributed by atoms with Gasteiger partial charge >= 0.3 is 0 Å². The van der Waals surface area contributed by atoms with E-state index < -0.39 is 15.7 Å². The third-order valence-electron chi connectivity index (χ3n) is 2.31. The molecule has 0 aliphatic carbocycles. The van der Waals surface area contributed by atoms with Crippen molar-refractivity contribution in [1.29, 1.82) is 0 Å². The van der Waals surface area contributed by atoms with E-state index in [1.807, 2.05) is 0 Å². The van der Waals surface area contributed by atoms with Gasteiger partial charge in [0.2, 0.25) is 0 Å². The van der Waals surface area contributed by atoms with Crippen LogP contribution in [0.2, 0.25) is 0 Å². The molecule has 6 N–H and O–H groups in total. The minimum absolute atomic E-state index is 0.127. The summed E-state index contributed by atoms with van der Waals surface area (Å²) in [5.74, 6) is -0.421. The van der Waals surface area contributed by atoms with Crippen LogP contribution in [0.25, 0.3) is 0 Å². The van der Waals surface area contributed by atoms with E-state index in [0.717, 1.165) is 0 Å². The molecule has 0 amide bonds. The number of rotatable bonds is 6. The summed E-state index contributed by atoms with van der Waals surface area (Å²) in [6, 6.07) is 0. The van der Waals surface area contributed by atoms with Gasteiger partial charge < -0.3 is 21.1 Å². The summed E-state index contributed by atoms with van der Waals surface area (Å²) in [7, 11) is -3.67. The molecule has 0 rings (SSSR count). The summed E-state index contributed by atoms with van der Waals surface area (Å²) >= 11 is 0. The Labute approximate surface area is 102 Å². The van der Waals surface area contributed by atoms with E-state index >= 15 is 0 Å². The van der Waals surface area contributed by atoms with Gasteiger partial charge in [0.15, 0.2) is 0 Å². The van der Waals surface area contributed by atoms with Crippen molar-refractivity contribution in [1.82, 2.24) is 0 Å².